The lowest BCUT2D eigenvalue weighted by molar-refractivity contribution is -0.132. The Morgan fingerprint density at radius 2 is 1.95 bits per heavy atom. The van der Waals surface area contributed by atoms with Crippen LogP contribution in [0.25, 0.3) is 0 Å². The van der Waals surface area contributed by atoms with E-state index < -0.39 is 0 Å². The van der Waals surface area contributed by atoms with Crippen molar-refractivity contribution in [1.82, 2.24) is 4.90 Å². The molecule has 0 N–H and O–H groups in total. The van der Waals surface area contributed by atoms with Crippen molar-refractivity contribution in [3.63, 3.8) is 0 Å². The number of carbonyl (C=O) groups excluding carboxylic acids is 1. The molecule has 0 radical (unpaired) electrons. The van der Waals surface area contributed by atoms with E-state index in [2.05, 4.69) is 24.8 Å². The summed E-state index contributed by atoms with van der Waals surface area (Å²) in [5, 5.41) is 0. The van der Waals surface area contributed by atoms with Crippen molar-refractivity contribution in [2.75, 3.05) is 13.2 Å². The molecule has 0 saturated heterocycles. The minimum atomic E-state index is 0.272. The number of carbonyl (C=O) groups is 1. The summed E-state index contributed by atoms with van der Waals surface area (Å²) in [5.74, 6) is 1.91. The zero-order valence-corrected chi connectivity index (χ0v) is 13.1. The molecule has 21 heavy (non-hydrogen) atoms. The number of amides is 1. The van der Waals surface area contributed by atoms with E-state index in [0.717, 1.165) is 18.2 Å². The third kappa shape index (κ3) is 3.99. The van der Waals surface area contributed by atoms with Gasteiger partial charge < -0.3 is 9.64 Å². The van der Waals surface area contributed by atoms with Gasteiger partial charge in [-0.25, -0.2) is 0 Å². The van der Waals surface area contributed by atoms with Crippen molar-refractivity contribution in [2.24, 2.45) is 5.92 Å². The Kier molecular flexibility index (Phi) is 4.18. The molecule has 2 aliphatic carbocycles. The van der Waals surface area contributed by atoms with Crippen LogP contribution in [0.15, 0.2) is 18.2 Å². The second-order valence-corrected chi connectivity index (χ2v) is 6.57. The molecule has 1 aromatic rings. The van der Waals surface area contributed by atoms with Crippen molar-refractivity contribution >= 4 is 5.91 Å². The number of nitrogens with zero attached hydrogens (tertiary/aromatic N) is 1. The Morgan fingerprint density at radius 1 is 1.19 bits per heavy atom. The smallest absolute Gasteiger partial charge is 0.226 e. The van der Waals surface area contributed by atoms with E-state index in [-0.39, 0.29) is 5.91 Å². The number of benzene rings is 1. The molecule has 0 heterocycles. The minimum Gasteiger partial charge on any atom is -0.493 e. The average molecular weight is 287 g/mol. The fourth-order valence-corrected chi connectivity index (χ4v) is 2.62. The van der Waals surface area contributed by atoms with E-state index in [1.807, 2.05) is 12.1 Å². The molecular formula is C18H25NO2. The van der Waals surface area contributed by atoms with Gasteiger partial charge in [-0.05, 0) is 68.7 Å². The van der Waals surface area contributed by atoms with Gasteiger partial charge in [-0.2, -0.15) is 0 Å². The predicted octanol–water partition coefficient (Wildman–Crippen LogP) is 3.47. The second-order valence-electron chi connectivity index (χ2n) is 6.57. The molecule has 0 spiro atoms. The van der Waals surface area contributed by atoms with Crippen LogP contribution in [0.2, 0.25) is 0 Å². The van der Waals surface area contributed by atoms with Crippen molar-refractivity contribution < 1.29 is 9.53 Å². The van der Waals surface area contributed by atoms with Gasteiger partial charge >= 0.3 is 0 Å². The highest BCUT2D eigenvalue weighted by Gasteiger charge is 2.36. The van der Waals surface area contributed by atoms with Crippen LogP contribution < -0.4 is 4.74 Å². The van der Waals surface area contributed by atoms with Crippen LogP contribution in [0, 0.1) is 19.8 Å². The summed E-state index contributed by atoms with van der Waals surface area (Å²) in [5.41, 5.74) is 2.50. The maximum absolute atomic E-state index is 12.3. The summed E-state index contributed by atoms with van der Waals surface area (Å²) in [6.07, 6.45) is 5.48. The molecule has 2 aliphatic rings. The van der Waals surface area contributed by atoms with Crippen LogP contribution in [0.3, 0.4) is 0 Å². The van der Waals surface area contributed by atoms with Gasteiger partial charge in [-0.1, -0.05) is 6.07 Å². The molecule has 2 fully saturated rings. The van der Waals surface area contributed by atoms with E-state index in [1.54, 1.807) is 0 Å². The van der Waals surface area contributed by atoms with Gasteiger partial charge in [0.15, 0.2) is 0 Å². The summed E-state index contributed by atoms with van der Waals surface area (Å²) in [6, 6.07) is 6.62. The summed E-state index contributed by atoms with van der Waals surface area (Å²) >= 11 is 0. The first-order chi connectivity index (χ1) is 10.1. The molecule has 3 heteroatoms. The molecular weight excluding hydrogens is 262 g/mol. The highest BCUT2D eigenvalue weighted by Crippen LogP contribution is 2.35. The lowest BCUT2D eigenvalue weighted by Gasteiger charge is -2.22. The summed E-state index contributed by atoms with van der Waals surface area (Å²) in [7, 11) is 0. The number of hydrogen-bond donors (Lipinski definition) is 0. The first-order valence-corrected chi connectivity index (χ1v) is 8.13. The van der Waals surface area contributed by atoms with Crippen LogP contribution in [-0.2, 0) is 4.79 Å². The average Bonchev–Trinajstić information content (AvgIpc) is 3.33. The van der Waals surface area contributed by atoms with Gasteiger partial charge in [-0.3, -0.25) is 4.79 Å². The molecule has 0 bridgehead atoms. The molecule has 2 saturated carbocycles. The molecule has 3 nitrogen and oxygen atoms in total. The Labute approximate surface area is 127 Å². The third-order valence-corrected chi connectivity index (χ3v) is 4.52. The van der Waals surface area contributed by atoms with Gasteiger partial charge in [0.05, 0.1) is 13.0 Å². The van der Waals surface area contributed by atoms with E-state index in [9.17, 15) is 4.79 Å². The summed E-state index contributed by atoms with van der Waals surface area (Å²) in [4.78, 5) is 14.5. The van der Waals surface area contributed by atoms with Gasteiger partial charge in [0.2, 0.25) is 5.91 Å². The zero-order chi connectivity index (χ0) is 14.8. The highest BCUT2D eigenvalue weighted by molar-refractivity contribution is 5.77. The molecule has 0 unspecified atom stereocenters. The quantitative estimate of drug-likeness (QED) is 0.768. The number of ether oxygens (including phenoxy) is 1. The van der Waals surface area contributed by atoms with Crippen LogP contribution in [0.4, 0.5) is 0 Å². The number of rotatable bonds is 7. The lowest BCUT2D eigenvalue weighted by Crippen LogP contribution is -2.35. The van der Waals surface area contributed by atoms with Crippen LogP contribution in [0.5, 0.6) is 5.75 Å². The Bertz CT molecular complexity index is 518. The SMILES string of the molecule is Cc1ccc(OCCC(=O)N(CC2CC2)C2CC2)cc1C. The Balaban J connectivity index is 1.46. The monoisotopic (exact) mass is 287 g/mol. The topological polar surface area (TPSA) is 29.5 Å². The molecule has 0 atom stereocenters. The second kappa shape index (κ2) is 6.08. The third-order valence-electron chi connectivity index (χ3n) is 4.52. The van der Waals surface area contributed by atoms with E-state index >= 15 is 0 Å². The molecule has 0 aliphatic heterocycles. The first-order valence-electron chi connectivity index (χ1n) is 8.13. The summed E-state index contributed by atoms with van der Waals surface area (Å²) < 4.78 is 5.74. The minimum absolute atomic E-state index is 0.272. The van der Waals surface area contributed by atoms with E-state index in [4.69, 9.17) is 4.74 Å². The number of hydrogen-bond acceptors (Lipinski definition) is 2. The Hall–Kier alpha value is -1.51. The molecule has 1 amide bonds. The van der Waals surface area contributed by atoms with Crippen molar-refractivity contribution in [1.29, 1.82) is 0 Å². The molecule has 0 aromatic heterocycles. The van der Waals surface area contributed by atoms with Crippen LogP contribution in [-0.4, -0.2) is 30.0 Å². The van der Waals surface area contributed by atoms with Gasteiger partial charge in [0.1, 0.15) is 5.75 Å². The highest BCUT2D eigenvalue weighted by atomic mass is 16.5. The largest absolute Gasteiger partial charge is 0.493 e. The van der Waals surface area contributed by atoms with E-state index in [0.29, 0.717) is 19.1 Å². The lowest BCUT2D eigenvalue weighted by atomic mass is 10.1. The zero-order valence-electron chi connectivity index (χ0n) is 13.1. The predicted molar refractivity (Wildman–Crippen MR) is 83.5 cm³/mol. The first kappa shape index (κ1) is 14.4. The molecule has 3 rings (SSSR count). The van der Waals surface area contributed by atoms with Crippen molar-refractivity contribution in [3.05, 3.63) is 29.3 Å². The molecule has 1 aromatic carbocycles. The van der Waals surface area contributed by atoms with Crippen LogP contribution >= 0.6 is 0 Å². The van der Waals surface area contributed by atoms with Gasteiger partial charge in [0.25, 0.3) is 0 Å². The molecule has 114 valence electrons. The standard InChI is InChI=1S/C18H25NO2/c1-13-3-8-17(11-14(13)2)21-10-9-18(20)19(16-6-7-16)12-15-4-5-15/h3,8,11,15-16H,4-7,9-10,12H2,1-2H3. The normalized spacial score (nSPS) is 17.6. The Morgan fingerprint density at radius 3 is 2.57 bits per heavy atom. The van der Waals surface area contributed by atoms with Crippen molar-refractivity contribution in [2.45, 2.75) is 52.0 Å². The summed E-state index contributed by atoms with van der Waals surface area (Å²) in [6.45, 7) is 5.63. The fraction of sp³-hybridized carbons (Fsp3) is 0.611. The van der Waals surface area contributed by atoms with Gasteiger partial charge in [0, 0.05) is 12.6 Å². The number of aryl methyl sites for hydroxylation is 2. The van der Waals surface area contributed by atoms with Crippen LogP contribution in [0.1, 0.15) is 43.2 Å². The van der Waals surface area contributed by atoms with Gasteiger partial charge in [-0.15, -0.1) is 0 Å². The van der Waals surface area contributed by atoms with E-state index in [1.165, 1.54) is 36.8 Å². The van der Waals surface area contributed by atoms with Crippen molar-refractivity contribution in [3.8, 4) is 5.75 Å². The fourth-order valence-electron chi connectivity index (χ4n) is 2.62. The maximum atomic E-state index is 12.3. The maximum Gasteiger partial charge on any atom is 0.226 e.